The van der Waals surface area contributed by atoms with E-state index < -0.39 is 42.0 Å². The monoisotopic (exact) mass is 648 g/mol. The number of hydrogen-bond donors (Lipinski definition) is 4. The summed E-state index contributed by atoms with van der Waals surface area (Å²) in [5.74, 6) is -1.42. The number of carbonyl (C=O) groups is 4. The summed E-state index contributed by atoms with van der Waals surface area (Å²) in [5.41, 5.74) is 0.298. The lowest BCUT2D eigenvalue weighted by molar-refractivity contribution is -0.145. The van der Waals surface area contributed by atoms with Gasteiger partial charge in [-0.15, -0.1) is 0 Å². The van der Waals surface area contributed by atoms with Gasteiger partial charge in [-0.25, -0.2) is 0 Å². The van der Waals surface area contributed by atoms with Crippen molar-refractivity contribution >= 4 is 23.8 Å². The van der Waals surface area contributed by atoms with E-state index in [-0.39, 0.29) is 48.8 Å². The highest BCUT2D eigenvalue weighted by atomic mass is 16.6. The number of carbonyl (C=O) groups excluding carboxylic acids is 3. The predicted molar refractivity (Wildman–Crippen MR) is 170 cm³/mol. The average Bonchev–Trinajstić information content (AvgIpc) is 3.75. The molecule has 4 N–H and O–H groups in total. The number of hydrogen-bond acceptors (Lipinski definition) is 9. The van der Waals surface area contributed by atoms with Crippen LogP contribution in [0.3, 0.4) is 0 Å². The van der Waals surface area contributed by atoms with Gasteiger partial charge in [-0.05, 0) is 58.4 Å². The molecule has 0 bridgehead atoms. The number of ether oxygens (including phenoxy) is 4. The van der Waals surface area contributed by atoms with Crippen molar-refractivity contribution in [2.75, 3.05) is 13.2 Å². The molecule has 3 fully saturated rings. The van der Waals surface area contributed by atoms with Gasteiger partial charge in [0.05, 0.1) is 37.4 Å². The second-order valence-electron chi connectivity index (χ2n) is 12.9. The quantitative estimate of drug-likeness (QED) is 0.0640. The summed E-state index contributed by atoms with van der Waals surface area (Å²) in [5, 5.41) is 25.5. The number of aliphatic hydroxyl groups is 1. The molecule has 12 heteroatoms. The highest BCUT2D eigenvalue weighted by molar-refractivity contribution is 5.87. The predicted octanol–water partition coefficient (Wildman–Crippen LogP) is 3.12. The van der Waals surface area contributed by atoms with Crippen LogP contribution < -0.4 is 10.6 Å². The van der Waals surface area contributed by atoms with E-state index in [1.807, 2.05) is 26.0 Å². The number of allylic oxidation sites excluding steroid dienone is 2. The zero-order valence-corrected chi connectivity index (χ0v) is 27.7. The zero-order valence-electron chi connectivity index (χ0n) is 27.7. The first-order valence-electron chi connectivity index (χ1n) is 16.4. The molecule has 9 atom stereocenters. The normalized spacial score (nSPS) is 32.0. The van der Waals surface area contributed by atoms with E-state index in [4.69, 9.17) is 24.1 Å². The van der Waals surface area contributed by atoms with Crippen molar-refractivity contribution in [1.82, 2.24) is 10.6 Å². The summed E-state index contributed by atoms with van der Waals surface area (Å²) < 4.78 is 23.1. The minimum Gasteiger partial charge on any atom is -0.481 e. The standard InChI is InChI=1S/C34H52N2O10/c1-21(10-13-28-22(2)17-27(24(4)45-28)36-30(38)15-12-23(3)44-25(5)37)11-14-29-33(42)34(20-43-34)19-26(46-29)18-31(39)35-16-8-6-7-9-32(40)41/h10-12,14-15,22-24,26-29,33,42H,6-9,13,16-20H2,1-5H3,(H,35,39)(H,36,38)(H,40,41)/b14-11+,15-12-,21-10+/t22-,23?,24+,26+,27+,28-,29+,33+,34+/m0/s1. The fourth-order valence-corrected chi connectivity index (χ4v) is 5.97. The van der Waals surface area contributed by atoms with Crippen LogP contribution >= 0.6 is 0 Å². The lowest BCUT2D eigenvalue weighted by Crippen LogP contribution is -2.50. The van der Waals surface area contributed by atoms with E-state index in [0.717, 1.165) is 18.4 Å². The van der Waals surface area contributed by atoms with Gasteiger partial charge in [0.1, 0.15) is 23.9 Å². The molecule has 3 saturated heterocycles. The molecule has 0 saturated carbocycles. The van der Waals surface area contributed by atoms with Gasteiger partial charge in [0, 0.05) is 32.4 Å². The Kier molecular flexibility index (Phi) is 14.4. The Morgan fingerprint density at radius 3 is 2.50 bits per heavy atom. The van der Waals surface area contributed by atoms with E-state index >= 15 is 0 Å². The highest BCUT2D eigenvalue weighted by Crippen LogP contribution is 2.43. The average molecular weight is 649 g/mol. The topological polar surface area (TPSA) is 173 Å². The summed E-state index contributed by atoms with van der Waals surface area (Å²) in [4.78, 5) is 46.6. The molecule has 0 aromatic rings. The van der Waals surface area contributed by atoms with Crippen molar-refractivity contribution in [1.29, 1.82) is 0 Å². The van der Waals surface area contributed by atoms with Crippen molar-refractivity contribution in [3.63, 3.8) is 0 Å². The lowest BCUT2D eigenvalue weighted by Gasteiger charge is -2.39. The molecule has 258 valence electrons. The Balaban J connectivity index is 1.45. The summed E-state index contributed by atoms with van der Waals surface area (Å²) in [6.45, 7) is 9.94. The maximum Gasteiger partial charge on any atom is 0.303 e. The van der Waals surface area contributed by atoms with Crippen LogP contribution in [0.15, 0.2) is 36.0 Å². The summed E-state index contributed by atoms with van der Waals surface area (Å²) in [7, 11) is 0. The molecule has 2 amide bonds. The molecule has 1 unspecified atom stereocenters. The zero-order chi connectivity index (χ0) is 33.9. The number of esters is 1. The second-order valence-corrected chi connectivity index (χ2v) is 12.9. The molecule has 1 spiro atoms. The van der Waals surface area contributed by atoms with Crippen LogP contribution in [0.1, 0.15) is 86.0 Å². The number of aliphatic hydroxyl groups excluding tert-OH is 1. The minimum atomic E-state index is -0.834. The molecular formula is C34H52N2O10. The van der Waals surface area contributed by atoms with E-state index in [9.17, 15) is 24.3 Å². The Hall–Kier alpha value is -3.06. The third-order valence-electron chi connectivity index (χ3n) is 8.73. The van der Waals surface area contributed by atoms with Crippen molar-refractivity contribution in [2.45, 2.75) is 134 Å². The summed E-state index contributed by atoms with van der Waals surface area (Å²) in [6, 6.07) is -0.141. The van der Waals surface area contributed by atoms with Gasteiger partial charge in [-0.1, -0.05) is 37.1 Å². The van der Waals surface area contributed by atoms with Gasteiger partial charge in [0.2, 0.25) is 11.8 Å². The van der Waals surface area contributed by atoms with Crippen molar-refractivity contribution in [3.05, 3.63) is 36.0 Å². The van der Waals surface area contributed by atoms with Crippen LogP contribution in [0.5, 0.6) is 0 Å². The Bertz CT molecular complexity index is 1150. The summed E-state index contributed by atoms with van der Waals surface area (Å²) >= 11 is 0. The van der Waals surface area contributed by atoms with Gasteiger partial charge < -0.3 is 39.8 Å². The number of amides is 2. The van der Waals surface area contributed by atoms with E-state index in [2.05, 4.69) is 23.6 Å². The molecule has 3 aliphatic rings. The van der Waals surface area contributed by atoms with Gasteiger partial charge in [-0.3, -0.25) is 19.2 Å². The van der Waals surface area contributed by atoms with Crippen LogP contribution in [0.4, 0.5) is 0 Å². The highest BCUT2D eigenvalue weighted by Gasteiger charge is 2.58. The van der Waals surface area contributed by atoms with E-state index in [1.54, 1.807) is 13.0 Å². The summed E-state index contributed by atoms with van der Waals surface area (Å²) in [6.07, 6.45) is 10.4. The molecule has 46 heavy (non-hydrogen) atoms. The second kappa shape index (κ2) is 17.7. The molecule has 3 aliphatic heterocycles. The van der Waals surface area contributed by atoms with Gasteiger partial charge in [0.15, 0.2) is 0 Å². The van der Waals surface area contributed by atoms with Crippen LogP contribution in [-0.4, -0.2) is 95.4 Å². The maximum atomic E-state index is 12.5. The van der Waals surface area contributed by atoms with Crippen LogP contribution in [0.25, 0.3) is 0 Å². The molecule has 0 aliphatic carbocycles. The Labute approximate surface area is 271 Å². The molecule has 3 rings (SSSR count). The largest absolute Gasteiger partial charge is 0.481 e. The number of carboxylic acid groups (broad SMARTS) is 1. The molecule has 12 nitrogen and oxygen atoms in total. The van der Waals surface area contributed by atoms with Crippen LogP contribution in [0.2, 0.25) is 0 Å². The maximum absolute atomic E-state index is 12.5. The smallest absolute Gasteiger partial charge is 0.303 e. The van der Waals surface area contributed by atoms with Crippen molar-refractivity contribution in [3.8, 4) is 0 Å². The van der Waals surface area contributed by atoms with Gasteiger partial charge in [-0.2, -0.15) is 0 Å². The molecule has 0 aromatic carbocycles. The fraction of sp³-hybridized carbons (Fsp3) is 0.706. The first-order chi connectivity index (χ1) is 21.8. The van der Waals surface area contributed by atoms with Crippen molar-refractivity contribution in [2.24, 2.45) is 5.92 Å². The third kappa shape index (κ3) is 12.3. The van der Waals surface area contributed by atoms with Crippen LogP contribution in [0, 0.1) is 5.92 Å². The van der Waals surface area contributed by atoms with E-state index in [0.29, 0.717) is 38.8 Å². The number of epoxide rings is 1. The van der Waals surface area contributed by atoms with Crippen molar-refractivity contribution < 1.29 is 48.3 Å². The molecular weight excluding hydrogens is 596 g/mol. The SMILES string of the molecule is CC(=O)OC(C)/C=C\C(=O)N[C@@H]1C[C@H](C)[C@H](C/C=C(C)/C=C/[C@H]2O[C@H](CC(=O)NCCCCCC(=O)O)C[C@@]3(CO3)[C@@H]2O)O[C@@H]1C. The number of aliphatic carboxylic acids is 1. The fourth-order valence-electron chi connectivity index (χ4n) is 5.97. The minimum absolute atomic E-state index is 0.0225. The number of rotatable bonds is 16. The van der Waals surface area contributed by atoms with E-state index in [1.165, 1.54) is 13.0 Å². The van der Waals surface area contributed by atoms with Gasteiger partial charge >= 0.3 is 11.9 Å². The Morgan fingerprint density at radius 1 is 1.09 bits per heavy atom. The third-order valence-corrected chi connectivity index (χ3v) is 8.73. The first kappa shape index (κ1) is 37.4. The lowest BCUT2D eigenvalue weighted by atomic mass is 9.87. The molecule has 0 aromatic heterocycles. The Morgan fingerprint density at radius 2 is 1.83 bits per heavy atom. The molecule has 0 radical (unpaired) electrons. The number of nitrogens with one attached hydrogen (secondary N) is 2. The van der Waals surface area contributed by atoms with Crippen LogP contribution in [-0.2, 0) is 38.1 Å². The molecule has 3 heterocycles. The number of carboxylic acids is 1. The first-order valence-corrected chi connectivity index (χ1v) is 16.4. The van der Waals surface area contributed by atoms with Gasteiger partial charge in [0.25, 0.3) is 0 Å². The number of unbranched alkanes of at least 4 members (excludes halogenated alkanes) is 2.